The number of aliphatic hydroxyl groups excluding tert-OH is 1. The molecule has 5 rings (SSSR count). The third kappa shape index (κ3) is 6.34. The molecule has 1 saturated heterocycles. The molecule has 3 heterocycles. The second-order valence-electron chi connectivity index (χ2n) is 11.8. The van der Waals surface area contributed by atoms with E-state index in [9.17, 15) is 23.1 Å². The summed E-state index contributed by atoms with van der Waals surface area (Å²) in [6.45, 7) is 3.98. The van der Waals surface area contributed by atoms with Crippen LogP contribution in [0.4, 0.5) is 5.69 Å². The Hall–Kier alpha value is -3.61. The summed E-state index contributed by atoms with van der Waals surface area (Å²) in [4.78, 5) is 31.6. The summed E-state index contributed by atoms with van der Waals surface area (Å²) >= 11 is 0. The molecule has 1 fully saturated rings. The minimum atomic E-state index is -3.46. The molecule has 6 N–H and O–H groups in total. The second-order valence-corrected chi connectivity index (χ2v) is 13.5. The lowest BCUT2D eigenvalue weighted by Crippen LogP contribution is -2.59. The van der Waals surface area contributed by atoms with E-state index in [1.54, 1.807) is 36.9 Å². The largest absolute Gasteiger partial charge is 0.487 e. The van der Waals surface area contributed by atoms with Crippen LogP contribution in [0.5, 0.6) is 5.75 Å². The maximum atomic E-state index is 13.8. The van der Waals surface area contributed by atoms with E-state index in [-0.39, 0.29) is 5.91 Å². The molecular formula is C29H37N5O6S. The number of aromatic amines is 1. The Bertz CT molecular complexity index is 1570. The van der Waals surface area contributed by atoms with Gasteiger partial charge in [0, 0.05) is 67.1 Å². The van der Waals surface area contributed by atoms with Crippen molar-refractivity contribution in [2.75, 3.05) is 24.1 Å². The first-order valence-corrected chi connectivity index (χ1v) is 15.5. The van der Waals surface area contributed by atoms with Crippen LogP contribution in [0.25, 0.3) is 10.9 Å². The summed E-state index contributed by atoms with van der Waals surface area (Å²) in [5.41, 5.74) is 6.97. The van der Waals surface area contributed by atoms with Crippen LogP contribution in [0.3, 0.4) is 0 Å². The number of hydrogen-bond acceptors (Lipinski definition) is 7. The molecule has 1 aromatic heterocycles. The van der Waals surface area contributed by atoms with Gasteiger partial charge in [-0.15, -0.1) is 0 Å². The van der Waals surface area contributed by atoms with Gasteiger partial charge in [-0.3, -0.25) is 14.3 Å². The zero-order valence-corrected chi connectivity index (χ0v) is 24.3. The number of nitrogens with zero attached hydrogens (tertiary/aromatic N) is 1. The first-order chi connectivity index (χ1) is 19.2. The number of aliphatic hydroxyl groups is 1. The average Bonchev–Trinajstić information content (AvgIpc) is 3.30. The van der Waals surface area contributed by atoms with Crippen LogP contribution in [0, 0.1) is 0 Å². The maximum Gasteiger partial charge on any atom is 0.245 e. The van der Waals surface area contributed by atoms with Crippen LogP contribution in [0.1, 0.15) is 50.3 Å². The molecular weight excluding hydrogens is 546 g/mol. The molecule has 2 aliphatic heterocycles. The molecule has 220 valence electrons. The topological polar surface area (TPSA) is 167 Å². The summed E-state index contributed by atoms with van der Waals surface area (Å²) in [5.74, 6) is -0.113. The number of likely N-dealkylation sites (tertiary alicyclic amines) is 1. The number of rotatable bonds is 7. The van der Waals surface area contributed by atoms with Gasteiger partial charge in [-0.1, -0.05) is 18.2 Å². The minimum Gasteiger partial charge on any atom is -0.487 e. The monoisotopic (exact) mass is 583 g/mol. The maximum absolute atomic E-state index is 13.8. The van der Waals surface area contributed by atoms with Crippen LogP contribution >= 0.6 is 0 Å². The number of carbonyl (C=O) groups is 2. The number of fused-ring (bicyclic) bond motifs is 2. The van der Waals surface area contributed by atoms with Crippen molar-refractivity contribution in [2.45, 2.75) is 62.8 Å². The van der Waals surface area contributed by atoms with Gasteiger partial charge in [0.1, 0.15) is 17.4 Å². The van der Waals surface area contributed by atoms with E-state index in [4.69, 9.17) is 10.5 Å². The van der Waals surface area contributed by atoms with Gasteiger partial charge in [0.2, 0.25) is 21.8 Å². The van der Waals surface area contributed by atoms with E-state index in [1.165, 1.54) is 0 Å². The van der Waals surface area contributed by atoms with Crippen molar-refractivity contribution in [2.24, 2.45) is 5.73 Å². The molecule has 2 atom stereocenters. The van der Waals surface area contributed by atoms with Crippen molar-refractivity contribution < 1.29 is 27.9 Å². The summed E-state index contributed by atoms with van der Waals surface area (Å²) in [6, 6.07) is 11.8. The predicted octanol–water partition coefficient (Wildman–Crippen LogP) is 2.18. The molecule has 2 amide bonds. The number of nitrogens with one attached hydrogen (secondary N) is 3. The van der Waals surface area contributed by atoms with Crippen molar-refractivity contribution >= 4 is 38.4 Å². The number of sulfonamides is 1. The highest BCUT2D eigenvalue weighted by Crippen LogP contribution is 2.45. The van der Waals surface area contributed by atoms with Crippen molar-refractivity contribution in [3.8, 4) is 5.75 Å². The zero-order valence-electron chi connectivity index (χ0n) is 23.4. The Morgan fingerprint density at radius 2 is 1.93 bits per heavy atom. The van der Waals surface area contributed by atoms with Crippen LogP contribution in [0.15, 0.2) is 48.7 Å². The van der Waals surface area contributed by atoms with Crippen LogP contribution in [-0.2, 0) is 26.0 Å². The molecule has 41 heavy (non-hydrogen) atoms. The first kappa shape index (κ1) is 28.9. The van der Waals surface area contributed by atoms with Crippen molar-refractivity contribution in [3.05, 3.63) is 59.8 Å². The van der Waals surface area contributed by atoms with Gasteiger partial charge in [-0.05, 0) is 43.7 Å². The lowest BCUT2D eigenvalue weighted by Gasteiger charge is -2.46. The number of para-hydroxylation sites is 1. The highest BCUT2D eigenvalue weighted by atomic mass is 32.2. The predicted molar refractivity (Wildman–Crippen MR) is 156 cm³/mol. The highest BCUT2D eigenvalue weighted by Gasteiger charge is 2.44. The number of piperidine rings is 1. The van der Waals surface area contributed by atoms with Gasteiger partial charge >= 0.3 is 0 Å². The van der Waals surface area contributed by atoms with Crippen molar-refractivity contribution in [1.29, 1.82) is 0 Å². The Labute approximate surface area is 239 Å². The summed E-state index contributed by atoms with van der Waals surface area (Å²) < 4.78 is 32.0. The lowest BCUT2D eigenvalue weighted by atomic mass is 9.81. The third-order valence-electron chi connectivity index (χ3n) is 7.84. The fourth-order valence-electron chi connectivity index (χ4n) is 5.64. The molecule has 11 nitrogen and oxygen atoms in total. The molecule has 1 unspecified atom stereocenters. The Kier molecular flexibility index (Phi) is 7.51. The molecule has 2 aliphatic rings. The van der Waals surface area contributed by atoms with Crippen molar-refractivity contribution in [1.82, 2.24) is 15.2 Å². The van der Waals surface area contributed by atoms with Crippen LogP contribution < -0.4 is 20.5 Å². The van der Waals surface area contributed by atoms with E-state index in [2.05, 4.69) is 15.0 Å². The number of ether oxygens (including phenoxy) is 1. The van der Waals surface area contributed by atoms with E-state index < -0.39 is 39.2 Å². The molecule has 1 spiro atoms. The fourth-order valence-corrected chi connectivity index (χ4v) is 6.20. The summed E-state index contributed by atoms with van der Waals surface area (Å²) in [7, 11) is -3.46. The first-order valence-electron chi connectivity index (χ1n) is 13.7. The normalized spacial score (nSPS) is 19.3. The molecule has 0 saturated carbocycles. The molecule has 0 bridgehead atoms. The van der Waals surface area contributed by atoms with E-state index in [0.29, 0.717) is 55.8 Å². The quantitative estimate of drug-likeness (QED) is 0.284. The van der Waals surface area contributed by atoms with Gasteiger partial charge in [-0.25, -0.2) is 8.42 Å². The van der Waals surface area contributed by atoms with E-state index in [1.807, 2.05) is 30.5 Å². The van der Waals surface area contributed by atoms with Gasteiger partial charge in [0.15, 0.2) is 0 Å². The van der Waals surface area contributed by atoms with Gasteiger partial charge in [0.25, 0.3) is 0 Å². The average molecular weight is 584 g/mol. The Balaban J connectivity index is 1.31. The van der Waals surface area contributed by atoms with E-state index >= 15 is 0 Å². The van der Waals surface area contributed by atoms with Crippen molar-refractivity contribution in [3.63, 3.8) is 0 Å². The summed E-state index contributed by atoms with van der Waals surface area (Å²) in [5, 5.41) is 14.8. The number of carbonyl (C=O) groups excluding carboxylic acids is 2. The van der Waals surface area contributed by atoms with E-state index in [0.717, 1.165) is 22.7 Å². The Morgan fingerprint density at radius 1 is 1.22 bits per heavy atom. The third-order valence-corrected chi connectivity index (χ3v) is 8.44. The number of anilines is 1. The smallest absolute Gasteiger partial charge is 0.245 e. The molecule has 2 aromatic carbocycles. The number of amides is 2. The number of nitrogens with two attached hydrogens (primary N) is 1. The van der Waals surface area contributed by atoms with Crippen LogP contribution in [-0.4, -0.2) is 71.7 Å². The number of aromatic nitrogens is 1. The lowest BCUT2D eigenvalue weighted by molar-refractivity contribution is -0.141. The number of H-pyrrole nitrogens is 1. The fraction of sp³-hybridized carbons (Fsp3) is 0.448. The molecule has 0 radical (unpaired) electrons. The van der Waals surface area contributed by atoms with Gasteiger partial charge in [-0.2, -0.15) is 0 Å². The Morgan fingerprint density at radius 3 is 2.61 bits per heavy atom. The molecule has 12 heteroatoms. The SMILES string of the molecule is CC(C)(N)C(=O)NC(Cc1c[nH]c2ccccc12)C(=O)N1CCC2(CC1)C[C@@H](O)c1cc(NS(C)(=O)=O)ccc1O2. The number of hydrogen-bond donors (Lipinski definition) is 5. The standard InChI is InChI=1S/C29H37N5O6S/c1-28(2,30)27(37)32-23(14-18-17-31-22-7-5-4-6-20(18)22)26(36)34-12-10-29(11-13-34)16-24(35)21-15-19(33-41(3,38)39)8-9-25(21)40-29/h4-9,15,17,23-24,31,33,35H,10-14,16,30H2,1-3H3,(H,32,37)/t23?,24-/m1/s1. The van der Waals surface area contributed by atoms with Gasteiger partial charge in [0.05, 0.1) is 17.9 Å². The molecule has 0 aliphatic carbocycles. The highest BCUT2D eigenvalue weighted by molar-refractivity contribution is 7.92. The minimum absolute atomic E-state index is 0.198. The number of benzene rings is 2. The summed E-state index contributed by atoms with van der Waals surface area (Å²) in [6.07, 6.45) is 3.70. The second kappa shape index (κ2) is 10.7. The molecule has 3 aromatic rings. The van der Waals surface area contributed by atoms with Crippen LogP contribution in [0.2, 0.25) is 0 Å². The zero-order chi connectivity index (χ0) is 29.6. The van der Waals surface area contributed by atoms with Gasteiger partial charge < -0.3 is 30.8 Å².